The number of anilines is 2. The van der Waals surface area contributed by atoms with Crippen molar-refractivity contribution in [2.45, 2.75) is 64.8 Å². The van der Waals surface area contributed by atoms with E-state index in [4.69, 9.17) is 0 Å². The first kappa shape index (κ1) is 19.5. The molecule has 1 fully saturated rings. The number of aryl methyl sites for hydroxylation is 1. The summed E-state index contributed by atoms with van der Waals surface area (Å²) in [5.41, 5.74) is 2.01. The Morgan fingerprint density at radius 3 is 2.66 bits per heavy atom. The highest BCUT2D eigenvalue weighted by molar-refractivity contribution is 6.03. The van der Waals surface area contributed by atoms with Crippen LogP contribution >= 0.6 is 0 Å². The van der Waals surface area contributed by atoms with Crippen LogP contribution in [0.4, 0.5) is 15.9 Å². The molecule has 1 saturated carbocycles. The molecule has 2 aromatic rings. The van der Waals surface area contributed by atoms with Gasteiger partial charge in [0.15, 0.2) is 11.6 Å². The van der Waals surface area contributed by atoms with Crippen molar-refractivity contribution in [2.75, 3.05) is 10.6 Å². The average molecular weight is 399 g/mol. The molecule has 0 unspecified atom stereocenters. The maximum atomic E-state index is 14.9. The van der Waals surface area contributed by atoms with E-state index in [-0.39, 0.29) is 34.8 Å². The molecule has 0 saturated heterocycles. The highest BCUT2D eigenvalue weighted by atomic mass is 19.1. The number of nitrogens with one attached hydrogen (secondary N) is 2. The summed E-state index contributed by atoms with van der Waals surface area (Å²) < 4.78 is 16.8. The van der Waals surface area contributed by atoms with Gasteiger partial charge >= 0.3 is 0 Å². The summed E-state index contributed by atoms with van der Waals surface area (Å²) in [5.74, 6) is -0.923. The first-order valence-electron chi connectivity index (χ1n) is 10.4. The van der Waals surface area contributed by atoms with Crippen molar-refractivity contribution in [3.8, 4) is 11.1 Å². The topological polar surface area (TPSA) is 88.9 Å². The van der Waals surface area contributed by atoms with Crippen LogP contribution in [0.25, 0.3) is 11.1 Å². The number of aromatic nitrogens is 3. The van der Waals surface area contributed by atoms with E-state index in [0.717, 1.165) is 69.8 Å². The van der Waals surface area contributed by atoms with Gasteiger partial charge in [0.1, 0.15) is 0 Å². The molecule has 0 radical (unpaired) electrons. The lowest BCUT2D eigenvalue weighted by Crippen LogP contribution is -2.26. The summed E-state index contributed by atoms with van der Waals surface area (Å²) in [6, 6.07) is 0. The van der Waals surface area contributed by atoms with Gasteiger partial charge in [0.2, 0.25) is 11.8 Å². The molecule has 0 spiro atoms. The number of carbonyl (C=O) groups excluding carboxylic acids is 2. The molecule has 1 aliphatic carbocycles. The lowest BCUT2D eigenvalue weighted by Gasteiger charge is -2.22. The Morgan fingerprint density at radius 2 is 1.90 bits per heavy atom. The molecule has 154 valence electrons. The highest BCUT2D eigenvalue weighted by Crippen LogP contribution is 2.39. The van der Waals surface area contributed by atoms with Gasteiger partial charge in [-0.1, -0.05) is 19.3 Å². The third-order valence-electron chi connectivity index (χ3n) is 5.80. The molecule has 4 rings (SSSR count). The van der Waals surface area contributed by atoms with E-state index in [0.29, 0.717) is 5.56 Å². The van der Waals surface area contributed by atoms with Crippen LogP contribution in [0, 0.1) is 11.7 Å². The normalized spacial score (nSPS) is 16.9. The number of amides is 2. The van der Waals surface area contributed by atoms with Crippen LogP contribution in [0.3, 0.4) is 0 Å². The van der Waals surface area contributed by atoms with Crippen molar-refractivity contribution in [2.24, 2.45) is 5.92 Å². The molecule has 3 heterocycles. The van der Waals surface area contributed by atoms with Gasteiger partial charge in [0.05, 0.1) is 18.1 Å². The predicted octanol–water partition coefficient (Wildman–Crippen LogP) is 3.90. The second-order valence-corrected chi connectivity index (χ2v) is 7.90. The molecule has 2 aromatic heterocycles. The molecule has 29 heavy (non-hydrogen) atoms. The Labute approximate surface area is 169 Å². The van der Waals surface area contributed by atoms with Gasteiger partial charge in [0, 0.05) is 36.2 Å². The van der Waals surface area contributed by atoms with Crippen LogP contribution in [-0.2, 0) is 22.6 Å². The number of nitrogens with zero attached hydrogens (tertiary/aromatic N) is 3. The fraction of sp³-hybridized carbons (Fsp3) is 0.524. The minimum atomic E-state index is -0.550. The lowest BCUT2D eigenvalue weighted by atomic mass is 9.88. The molecule has 0 atom stereocenters. The Morgan fingerprint density at radius 1 is 1.10 bits per heavy atom. The second-order valence-electron chi connectivity index (χ2n) is 7.90. The Kier molecular flexibility index (Phi) is 5.60. The monoisotopic (exact) mass is 399 g/mol. The van der Waals surface area contributed by atoms with Gasteiger partial charge < -0.3 is 10.6 Å². The zero-order valence-corrected chi connectivity index (χ0v) is 16.6. The summed E-state index contributed by atoms with van der Waals surface area (Å²) >= 11 is 0. The minimum absolute atomic E-state index is 0.0758. The van der Waals surface area contributed by atoms with Gasteiger partial charge in [-0.3, -0.25) is 14.3 Å². The van der Waals surface area contributed by atoms with Crippen LogP contribution in [0.1, 0.15) is 57.6 Å². The summed E-state index contributed by atoms with van der Waals surface area (Å²) in [6.45, 7) is 2.15. The molecular formula is C21H26FN5O2. The Bertz CT molecular complexity index is 933. The molecule has 0 aromatic carbocycles. The van der Waals surface area contributed by atoms with Crippen molar-refractivity contribution in [1.82, 2.24) is 14.8 Å². The second kappa shape index (κ2) is 8.31. The summed E-state index contributed by atoms with van der Waals surface area (Å²) in [4.78, 5) is 28.7. The number of pyridine rings is 1. The van der Waals surface area contributed by atoms with E-state index in [1.807, 2.05) is 4.68 Å². The molecule has 2 amide bonds. The largest absolute Gasteiger partial charge is 0.323 e. The molecule has 8 heteroatoms. The smallest absolute Gasteiger partial charge is 0.228 e. The number of fused-ring (bicyclic) bond motifs is 1. The number of carbonyl (C=O) groups is 2. The predicted molar refractivity (Wildman–Crippen MR) is 108 cm³/mol. The van der Waals surface area contributed by atoms with Gasteiger partial charge in [-0.2, -0.15) is 5.10 Å². The van der Waals surface area contributed by atoms with Crippen molar-refractivity contribution in [1.29, 1.82) is 0 Å². The van der Waals surface area contributed by atoms with Crippen LogP contribution in [0.15, 0.2) is 12.4 Å². The van der Waals surface area contributed by atoms with Crippen molar-refractivity contribution < 1.29 is 14.0 Å². The molecule has 0 bridgehead atoms. The Balaban J connectivity index is 1.74. The van der Waals surface area contributed by atoms with E-state index in [1.165, 1.54) is 6.92 Å². The molecule has 1 aliphatic heterocycles. The molecule has 2 aliphatic rings. The number of hydrogen-bond acceptors (Lipinski definition) is 4. The summed E-state index contributed by atoms with van der Waals surface area (Å²) in [7, 11) is 0. The fourth-order valence-corrected chi connectivity index (χ4v) is 4.36. The van der Waals surface area contributed by atoms with Gasteiger partial charge in [-0.25, -0.2) is 9.37 Å². The van der Waals surface area contributed by atoms with E-state index < -0.39 is 5.82 Å². The Hall–Kier alpha value is -2.77. The molecule has 2 N–H and O–H groups in total. The fourth-order valence-electron chi connectivity index (χ4n) is 4.36. The summed E-state index contributed by atoms with van der Waals surface area (Å²) in [6.07, 6.45) is 10.5. The van der Waals surface area contributed by atoms with Gasteiger partial charge in [0.25, 0.3) is 0 Å². The first-order chi connectivity index (χ1) is 14.0. The van der Waals surface area contributed by atoms with Gasteiger partial charge in [-0.15, -0.1) is 0 Å². The SMILES string of the molecule is CC(=O)Nc1c(NC(=O)C2CCCCC2)ncc(F)c1-c1cnn2c1CCCC2. The third-order valence-corrected chi connectivity index (χ3v) is 5.80. The van der Waals surface area contributed by atoms with Crippen LogP contribution in [0.2, 0.25) is 0 Å². The number of hydrogen-bond donors (Lipinski definition) is 2. The van der Waals surface area contributed by atoms with E-state index in [2.05, 4.69) is 20.7 Å². The van der Waals surface area contributed by atoms with E-state index in [9.17, 15) is 14.0 Å². The maximum Gasteiger partial charge on any atom is 0.228 e. The molecule has 7 nitrogen and oxygen atoms in total. The van der Waals surface area contributed by atoms with Gasteiger partial charge in [-0.05, 0) is 32.1 Å². The average Bonchev–Trinajstić information content (AvgIpc) is 3.14. The lowest BCUT2D eigenvalue weighted by molar-refractivity contribution is -0.120. The maximum absolute atomic E-state index is 14.9. The van der Waals surface area contributed by atoms with Crippen molar-refractivity contribution in [3.05, 3.63) is 23.9 Å². The van der Waals surface area contributed by atoms with E-state index >= 15 is 0 Å². The highest BCUT2D eigenvalue weighted by Gasteiger charge is 2.27. The van der Waals surface area contributed by atoms with Crippen molar-refractivity contribution >= 4 is 23.3 Å². The van der Waals surface area contributed by atoms with Crippen LogP contribution in [-0.4, -0.2) is 26.6 Å². The quantitative estimate of drug-likeness (QED) is 0.816. The van der Waals surface area contributed by atoms with Crippen LogP contribution < -0.4 is 10.6 Å². The number of rotatable bonds is 4. The van der Waals surface area contributed by atoms with Crippen molar-refractivity contribution in [3.63, 3.8) is 0 Å². The molecular weight excluding hydrogens is 373 g/mol. The first-order valence-corrected chi connectivity index (χ1v) is 10.4. The number of halogens is 1. The van der Waals surface area contributed by atoms with Crippen LogP contribution in [0.5, 0.6) is 0 Å². The zero-order valence-electron chi connectivity index (χ0n) is 16.6. The standard InChI is InChI=1S/C21H26FN5O2/c1-13(28)25-19-18(15-11-24-27-10-6-5-9-17(15)27)16(22)12-23-20(19)26-21(29)14-7-3-2-4-8-14/h11-12,14H,2-10H2,1H3,(H,25,28)(H,23,26,29). The van der Waals surface area contributed by atoms with E-state index in [1.54, 1.807) is 6.20 Å². The summed E-state index contributed by atoms with van der Waals surface area (Å²) in [5, 5.41) is 9.92. The third kappa shape index (κ3) is 4.02. The zero-order chi connectivity index (χ0) is 20.4. The minimum Gasteiger partial charge on any atom is -0.323 e.